The summed E-state index contributed by atoms with van der Waals surface area (Å²) in [4.78, 5) is 0. The molecule has 2 aromatic carbocycles. The molecule has 0 unspecified atom stereocenters. The first kappa shape index (κ1) is 18.4. The average molecular weight is 358 g/mol. The van der Waals surface area contributed by atoms with Gasteiger partial charge in [0, 0.05) is 0 Å². The number of aliphatic hydroxyl groups excluding tert-OH is 3. The molecule has 3 rings (SSSR count). The maximum atomic E-state index is 9.89. The summed E-state index contributed by atoms with van der Waals surface area (Å²) in [6.07, 6.45) is -0.781. The minimum absolute atomic E-state index is 0.0917. The van der Waals surface area contributed by atoms with Gasteiger partial charge in [-0.15, -0.1) is 0 Å². The molecule has 26 heavy (non-hydrogen) atoms. The fraction of sp³-hybridized carbons (Fsp3) is 0.300. The lowest BCUT2D eigenvalue weighted by Gasteiger charge is -2.34. The van der Waals surface area contributed by atoms with Crippen LogP contribution in [-0.2, 0) is 4.74 Å². The van der Waals surface area contributed by atoms with Crippen LogP contribution in [0.3, 0.4) is 0 Å². The van der Waals surface area contributed by atoms with E-state index < -0.39 is 24.6 Å². The van der Waals surface area contributed by atoms with E-state index >= 15 is 0 Å². The molecule has 0 amide bonds. The van der Waals surface area contributed by atoms with Crippen LogP contribution in [0.25, 0.3) is 12.2 Å². The van der Waals surface area contributed by atoms with E-state index in [0.29, 0.717) is 5.75 Å². The second kappa shape index (κ2) is 8.33. The van der Waals surface area contributed by atoms with Crippen LogP contribution in [-0.4, -0.2) is 53.6 Å². The Balaban J connectivity index is 1.60. The molecule has 2 aromatic rings. The zero-order valence-corrected chi connectivity index (χ0v) is 14.4. The molecule has 0 aliphatic carbocycles. The molecular weight excluding hydrogens is 336 g/mol. The molecule has 0 bridgehead atoms. The van der Waals surface area contributed by atoms with Gasteiger partial charge in [0.25, 0.3) is 0 Å². The van der Waals surface area contributed by atoms with Gasteiger partial charge in [-0.25, -0.2) is 0 Å². The lowest BCUT2D eigenvalue weighted by molar-refractivity contribution is -0.242. The molecular formula is C20H22O6. The molecule has 6 heteroatoms. The molecule has 1 aliphatic heterocycles. The van der Waals surface area contributed by atoms with Gasteiger partial charge in [-0.3, -0.25) is 0 Å². The minimum atomic E-state index is -1.31. The van der Waals surface area contributed by atoms with Crippen LogP contribution in [0.2, 0.25) is 0 Å². The fourth-order valence-electron chi connectivity index (χ4n) is 2.58. The third-order valence-electron chi connectivity index (χ3n) is 4.17. The van der Waals surface area contributed by atoms with E-state index in [1.54, 1.807) is 19.2 Å². The van der Waals surface area contributed by atoms with Crippen LogP contribution < -0.4 is 9.47 Å². The Labute approximate surface area is 151 Å². The highest BCUT2D eigenvalue weighted by Gasteiger charge is 2.38. The van der Waals surface area contributed by atoms with Gasteiger partial charge in [-0.1, -0.05) is 36.4 Å². The van der Waals surface area contributed by atoms with Crippen molar-refractivity contribution < 1.29 is 29.5 Å². The Morgan fingerprint density at radius 1 is 0.846 bits per heavy atom. The molecule has 6 nitrogen and oxygen atoms in total. The van der Waals surface area contributed by atoms with E-state index in [1.165, 1.54) is 0 Å². The van der Waals surface area contributed by atoms with Crippen molar-refractivity contribution in [3.05, 3.63) is 59.7 Å². The van der Waals surface area contributed by atoms with E-state index in [4.69, 9.17) is 14.2 Å². The predicted octanol–water partition coefficient (Wildman–Crippen LogP) is 1.68. The number of methoxy groups -OCH3 is 1. The smallest absolute Gasteiger partial charge is 0.228 e. The van der Waals surface area contributed by atoms with Crippen LogP contribution in [0.1, 0.15) is 11.1 Å². The van der Waals surface area contributed by atoms with Crippen molar-refractivity contribution in [1.82, 2.24) is 0 Å². The predicted molar refractivity (Wildman–Crippen MR) is 96.8 cm³/mol. The van der Waals surface area contributed by atoms with Crippen molar-refractivity contribution in [2.45, 2.75) is 24.6 Å². The number of benzene rings is 2. The van der Waals surface area contributed by atoms with Crippen LogP contribution in [0.4, 0.5) is 0 Å². The van der Waals surface area contributed by atoms with Crippen molar-refractivity contribution in [3.63, 3.8) is 0 Å². The summed E-state index contributed by atoms with van der Waals surface area (Å²) in [6, 6.07) is 15.0. The largest absolute Gasteiger partial charge is 0.497 e. The highest BCUT2D eigenvalue weighted by atomic mass is 16.7. The van der Waals surface area contributed by atoms with Crippen molar-refractivity contribution in [3.8, 4) is 11.5 Å². The van der Waals surface area contributed by atoms with Crippen molar-refractivity contribution >= 4 is 12.2 Å². The molecule has 4 atom stereocenters. The molecule has 0 saturated carbocycles. The second-order valence-electron chi connectivity index (χ2n) is 6.04. The van der Waals surface area contributed by atoms with Crippen LogP contribution in [0, 0.1) is 0 Å². The van der Waals surface area contributed by atoms with E-state index in [1.807, 2.05) is 48.6 Å². The Kier molecular flexibility index (Phi) is 5.90. The Morgan fingerprint density at radius 2 is 1.38 bits per heavy atom. The average Bonchev–Trinajstić information content (AvgIpc) is 2.68. The molecule has 1 fully saturated rings. The summed E-state index contributed by atoms with van der Waals surface area (Å²) in [5.74, 6) is 1.31. The van der Waals surface area contributed by atoms with Gasteiger partial charge in [-0.05, 0) is 35.4 Å². The molecule has 0 aromatic heterocycles. The molecule has 1 heterocycles. The maximum Gasteiger partial charge on any atom is 0.228 e. The van der Waals surface area contributed by atoms with E-state index in [9.17, 15) is 15.3 Å². The second-order valence-corrected chi connectivity index (χ2v) is 6.04. The van der Waals surface area contributed by atoms with Gasteiger partial charge < -0.3 is 29.5 Å². The Morgan fingerprint density at radius 3 is 1.92 bits per heavy atom. The van der Waals surface area contributed by atoms with Gasteiger partial charge in [0.05, 0.1) is 13.7 Å². The van der Waals surface area contributed by atoms with E-state index in [-0.39, 0.29) is 6.61 Å². The summed E-state index contributed by atoms with van der Waals surface area (Å²) < 4.78 is 15.9. The van der Waals surface area contributed by atoms with E-state index in [2.05, 4.69) is 0 Å². The first-order valence-electron chi connectivity index (χ1n) is 8.31. The Bertz CT molecular complexity index is 725. The molecule has 1 aliphatic rings. The quantitative estimate of drug-likeness (QED) is 0.705. The van der Waals surface area contributed by atoms with Gasteiger partial charge in [-0.2, -0.15) is 0 Å². The van der Waals surface area contributed by atoms with Crippen LogP contribution >= 0.6 is 0 Å². The zero-order chi connectivity index (χ0) is 18.5. The maximum absolute atomic E-state index is 9.89. The molecule has 0 radical (unpaired) electrons. The standard InChI is InChI=1S/C20H22O6/c1-24-15-8-4-13(5-9-15)2-3-14-6-10-16(11-7-14)26-20-19(23)18(22)17(21)12-25-20/h2-11,17-23H,12H2,1H3/b3-2+/t17-,18-,19+,20+/m0/s1. The van der Waals surface area contributed by atoms with Crippen molar-refractivity contribution in [2.75, 3.05) is 13.7 Å². The Hall–Kier alpha value is -2.38. The number of hydrogen-bond donors (Lipinski definition) is 3. The van der Waals surface area contributed by atoms with E-state index in [0.717, 1.165) is 16.9 Å². The summed E-state index contributed by atoms with van der Waals surface area (Å²) >= 11 is 0. The van der Waals surface area contributed by atoms with Gasteiger partial charge in [0.15, 0.2) is 0 Å². The number of aliphatic hydroxyl groups is 3. The number of hydrogen-bond acceptors (Lipinski definition) is 6. The molecule has 0 spiro atoms. The van der Waals surface area contributed by atoms with Crippen molar-refractivity contribution in [2.24, 2.45) is 0 Å². The monoisotopic (exact) mass is 358 g/mol. The third kappa shape index (κ3) is 4.42. The molecule has 3 N–H and O–H groups in total. The first-order valence-corrected chi connectivity index (χ1v) is 8.31. The zero-order valence-electron chi connectivity index (χ0n) is 14.4. The highest BCUT2D eigenvalue weighted by Crippen LogP contribution is 2.22. The number of rotatable bonds is 5. The minimum Gasteiger partial charge on any atom is -0.497 e. The SMILES string of the molecule is COc1ccc(/C=C/c2ccc(O[C@H]3OC[C@H](O)[C@H](O)[C@H]3O)cc2)cc1. The molecule has 138 valence electrons. The summed E-state index contributed by atoms with van der Waals surface area (Å²) in [5.41, 5.74) is 2.03. The molecule has 1 saturated heterocycles. The van der Waals surface area contributed by atoms with Gasteiger partial charge in [0.1, 0.15) is 29.8 Å². The first-order chi connectivity index (χ1) is 12.6. The van der Waals surface area contributed by atoms with Crippen molar-refractivity contribution in [1.29, 1.82) is 0 Å². The lowest BCUT2D eigenvalue weighted by atomic mass is 10.1. The topological polar surface area (TPSA) is 88.4 Å². The van der Waals surface area contributed by atoms with Crippen LogP contribution in [0.5, 0.6) is 11.5 Å². The van der Waals surface area contributed by atoms with Gasteiger partial charge in [0.2, 0.25) is 6.29 Å². The summed E-state index contributed by atoms with van der Waals surface area (Å²) in [6.45, 7) is -0.0917. The summed E-state index contributed by atoms with van der Waals surface area (Å²) in [7, 11) is 1.63. The van der Waals surface area contributed by atoms with Gasteiger partial charge >= 0.3 is 0 Å². The summed E-state index contributed by atoms with van der Waals surface area (Å²) in [5, 5.41) is 29.0. The third-order valence-corrected chi connectivity index (χ3v) is 4.17. The van der Waals surface area contributed by atoms with Crippen LogP contribution in [0.15, 0.2) is 48.5 Å². The number of ether oxygens (including phenoxy) is 3. The lowest BCUT2D eigenvalue weighted by Crippen LogP contribution is -2.54. The normalized spacial score (nSPS) is 26.0. The highest BCUT2D eigenvalue weighted by molar-refractivity contribution is 5.70. The fourth-order valence-corrected chi connectivity index (χ4v) is 2.58.